The van der Waals surface area contributed by atoms with E-state index in [0.29, 0.717) is 30.3 Å². The number of rotatable bonds is 14. The van der Waals surface area contributed by atoms with Crippen molar-refractivity contribution < 1.29 is 28.5 Å². The van der Waals surface area contributed by atoms with Gasteiger partial charge in [0, 0.05) is 17.2 Å². The molecule has 0 N–H and O–H groups in total. The Bertz CT molecular complexity index is 1010. The molecule has 0 unspecified atom stereocenters. The smallest absolute Gasteiger partial charge is 0.314 e. The Kier molecular flexibility index (Phi) is 11.5. The monoisotopic (exact) mass is 496 g/mol. The predicted molar refractivity (Wildman–Crippen MR) is 143 cm³/mol. The van der Waals surface area contributed by atoms with E-state index in [2.05, 4.69) is 13.8 Å². The van der Waals surface area contributed by atoms with Crippen LogP contribution in [-0.2, 0) is 9.53 Å². The zero-order valence-corrected chi connectivity index (χ0v) is 22.5. The van der Waals surface area contributed by atoms with Gasteiger partial charge in [0.2, 0.25) is 6.79 Å². The van der Waals surface area contributed by atoms with Crippen molar-refractivity contribution in [3.8, 4) is 17.2 Å². The van der Waals surface area contributed by atoms with Gasteiger partial charge in [-0.3, -0.25) is 9.59 Å². The highest BCUT2D eigenvalue weighted by atomic mass is 16.7. The van der Waals surface area contributed by atoms with Crippen LogP contribution in [0.25, 0.3) is 6.08 Å². The summed E-state index contributed by atoms with van der Waals surface area (Å²) in [6.45, 7) is 12.7. The van der Waals surface area contributed by atoms with Crippen LogP contribution in [0.3, 0.4) is 0 Å². The quantitative estimate of drug-likeness (QED) is 0.0907. The molecule has 0 saturated carbocycles. The van der Waals surface area contributed by atoms with Gasteiger partial charge in [0.1, 0.15) is 17.2 Å². The molecule has 0 saturated heterocycles. The van der Waals surface area contributed by atoms with Crippen molar-refractivity contribution in [2.24, 2.45) is 5.41 Å². The van der Waals surface area contributed by atoms with Crippen molar-refractivity contribution >= 4 is 17.8 Å². The Balaban J connectivity index is 2.07. The lowest BCUT2D eigenvalue weighted by Gasteiger charge is -2.16. The largest absolute Gasteiger partial charge is 0.493 e. The van der Waals surface area contributed by atoms with Crippen molar-refractivity contribution in [1.82, 2.24) is 0 Å². The molecule has 0 bridgehead atoms. The maximum atomic E-state index is 12.8. The first-order chi connectivity index (χ1) is 17.2. The number of aryl methyl sites for hydroxylation is 1. The highest BCUT2D eigenvalue weighted by molar-refractivity contribution is 6.07. The van der Waals surface area contributed by atoms with Gasteiger partial charge in [-0.15, -0.1) is 0 Å². The minimum atomic E-state index is -0.589. The standard InChI is InChI=1S/C30H40O6/c1-7-9-17-33-27-20-28(34-18-10-8-2)24(19-22(27)3)13-16-26(31)23-11-14-25(15-12-23)35-21-36-29(32)30(4,5)6/h11-16,19-20H,7-10,17-18,21H2,1-6H3/b16-13+. The van der Waals surface area contributed by atoms with E-state index in [1.54, 1.807) is 57.2 Å². The minimum absolute atomic E-state index is 0.138. The summed E-state index contributed by atoms with van der Waals surface area (Å²) in [6.07, 6.45) is 7.37. The SMILES string of the molecule is CCCCOc1cc(OCCCC)c(/C=C/C(=O)c2ccc(OCOC(=O)C(C)(C)C)cc2)cc1C. The summed E-state index contributed by atoms with van der Waals surface area (Å²) < 4.78 is 22.5. The average molecular weight is 497 g/mol. The van der Waals surface area contributed by atoms with Gasteiger partial charge in [0.05, 0.1) is 18.6 Å². The Morgan fingerprint density at radius 1 is 0.861 bits per heavy atom. The number of esters is 1. The third kappa shape index (κ3) is 9.40. The molecule has 0 aliphatic rings. The maximum Gasteiger partial charge on any atom is 0.314 e. The summed E-state index contributed by atoms with van der Waals surface area (Å²) in [6, 6.07) is 10.6. The summed E-state index contributed by atoms with van der Waals surface area (Å²) in [5, 5.41) is 0. The molecule has 6 heteroatoms. The number of ether oxygens (including phenoxy) is 4. The number of benzene rings is 2. The molecular weight excluding hydrogens is 456 g/mol. The summed E-state index contributed by atoms with van der Waals surface area (Å²) in [4.78, 5) is 24.6. The molecule has 0 amide bonds. The van der Waals surface area contributed by atoms with Gasteiger partial charge >= 0.3 is 5.97 Å². The molecule has 0 heterocycles. The second-order valence-electron chi connectivity index (χ2n) is 9.73. The first kappa shape index (κ1) is 29.0. The van der Waals surface area contributed by atoms with E-state index in [1.807, 2.05) is 19.1 Å². The molecule has 0 aliphatic carbocycles. The van der Waals surface area contributed by atoms with E-state index in [4.69, 9.17) is 18.9 Å². The topological polar surface area (TPSA) is 71.1 Å². The number of unbranched alkanes of at least 4 members (excludes halogenated alkanes) is 2. The van der Waals surface area contributed by atoms with Crippen LogP contribution in [0.1, 0.15) is 81.8 Å². The maximum absolute atomic E-state index is 12.8. The summed E-state index contributed by atoms with van der Waals surface area (Å²) in [7, 11) is 0. The fourth-order valence-electron chi connectivity index (χ4n) is 3.10. The van der Waals surface area contributed by atoms with Crippen molar-refractivity contribution in [3.63, 3.8) is 0 Å². The third-order valence-electron chi connectivity index (χ3n) is 5.40. The summed E-state index contributed by atoms with van der Waals surface area (Å²) >= 11 is 0. The second kappa shape index (κ2) is 14.3. The third-order valence-corrected chi connectivity index (χ3v) is 5.40. The zero-order chi connectivity index (χ0) is 26.6. The van der Waals surface area contributed by atoms with Gasteiger partial charge in [-0.1, -0.05) is 26.7 Å². The van der Waals surface area contributed by atoms with Gasteiger partial charge in [-0.2, -0.15) is 0 Å². The lowest BCUT2D eigenvalue weighted by Crippen LogP contribution is -2.24. The molecule has 0 radical (unpaired) electrons. The molecule has 0 aliphatic heterocycles. The Morgan fingerprint density at radius 2 is 1.47 bits per heavy atom. The van der Waals surface area contributed by atoms with Crippen LogP contribution in [0.15, 0.2) is 42.5 Å². The van der Waals surface area contributed by atoms with E-state index in [1.165, 1.54) is 0 Å². The van der Waals surface area contributed by atoms with Gasteiger partial charge in [0.25, 0.3) is 0 Å². The number of carbonyl (C=O) groups is 2. The minimum Gasteiger partial charge on any atom is -0.493 e. The highest BCUT2D eigenvalue weighted by Crippen LogP contribution is 2.30. The molecule has 196 valence electrons. The molecule has 0 atom stereocenters. The number of hydrogen-bond donors (Lipinski definition) is 0. The number of carbonyl (C=O) groups excluding carboxylic acids is 2. The predicted octanol–water partition coefficient (Wildman–Crippen LogP) is 7.17. The summed E-state index contributed by atoms with van der Waals surface area (Å²) in [5.74, 6) is 1.55. The van der Waals surface area contributed by atoms with Crippen molar-refractivity contribution in [2.45, 2.75) is 67.2 Å². The first-order valence-corrected chi connectivity index (χ1v) is 12.7. The van der Waals surface area contributed by atoms with Crippen LogP contribution in [-0.4, -0.2) is 31.8 Å². The van der Waals surface area contributed by atoms with Crippen LogP contribution < -0.4 is 14.2 Å². The zero-order valence-electron chi connectivity index (χ0n) is 22.5. The van der Waals surface area contributed by atoms with E-state index in [-0.39, 0.29) is 18.5 Å². The fraction of sp³-hybridized carbons (Fsp3) is 0.467. The molecule has 0 fully saturated rings. The summed E-state index contributed by atoms with van der Waals surface area (Å²) in [5.41, 5.74) is 1.76. The Hall–Kier alpha value is -3.28. The van der Waals surface area contributed by atoms with Crippen LogP contribution in [0.5, 0.6) is 17.2 Å². The molecule has 0 spiro atoms. The van der Waals surface area contributed by atoms with Crippen LogP contribution in [0.2, 0.25) is 0 Å². The molecule has 2 aromatic carbocycles. The Morgan fingerprint density at radius 3 is 2.06 bits per heavy atom. The fourth-order valence-corrected chi connectivity index (χ4v) is 3.10. The number of hydrogen-bond acceptors (Lipinski definition) is 6. The van der Waals surface area contributed by atoms with Crippen molar-refractivity contribution in [1.29, 1.82) is 0 Å². The second-order valence-corrected chi connectivity index (χ2v) is 9.73. The van der Waals surface area contributed by atoms with Crippen LogP contribution in [0, 0.1) is 12.3 Å². The molecular formula is C30H40O6. The number of ketones is 1. The van der Waals surface area contributed by atoms with E-state index >= 15 is 0 Å². The Labute approximate surface area is 215 Å². The normalized spacial score (nSPS) is 11.4. The van der Waals surface area contributed by atoms with Gasteiger partial charge in [-0.05, 0) is 88.6 Å². The van der Waals surface area contributed by atoms with Crippen LogP contribution >= 0.6 is 0 Å². The van der Waals surface area contributed by atoms with E-state index in [9.17, 15) is 9.59 Å². The molecule has 36 heavy (non-hydrogen) atoms. The van der Waals surface area contributed by atoms with E-state index < -0.39 is 5.41 Å². The molecule has 0 aromatic heterocycles. The van der Waals surface area contributed by atoms with Gasteiger partial charge in [0.15, 0.2) is 5.78 Å². The number of allylic oxidation sites excluding steroid dienone is 1. The first-order valence-electron chi connectivity index (χ1n) is 12.7. The van der Waals surface area contributed by atoms with Crippen LogP contribution in [0.4, 0.5) is 0 Å². The van der Waals surface area contributed by atoms with Crippen molar-refractivity contribution in [3.05, 3.63) is 59.2 Å². The lowest BCUT2D eigenvalue weighted by atomic mass is 9.98. The molecule has 2 aromatic rings. The van der Waals surface area contributed by atoms with Gasteiger partial charge in [-0.25, -0.2) is 0 Å². The highest BCUT2D eigenvalue weighted by Gasteiger charge is 2.23. The van der Waals surface area contributed by atoms with E-state index in [0.717, 1.165) is 42.6 Å². The lowest BCUT2D eigenvalue weighted by molar-refractivity contribution is -0.159. The van der Waals surface area contributed by atoms with Crippen molar-refractivity contribution in [2.75, 3.05) is 20.0 Å². The average Bonchev–Trinajstić information content (AvgIpc) is 2.84. The van der Waals surface area contributed by atoms with Gasteiger partial charge < -0.3 is 18.9 Å². The molecule has 6 nitrogen and oxygen atoms in total. The molecule has 2 rings (SSSR count).